The zero-order valence-corrected chi connectivity index (χ0v) is 16.0. The van der Waals surface area contributed by atoms with Crippen LogP contribution in [0.4, 0.5) is 0 Å². The Morgan fingerprint density at radius 1 is 0.364 bits per heavy atom. The Labute approximate surface area is 142 Å². The molecule has 0 heterocycles. The summed E-state index contributed by atoms with van der Waals surface area (Å²) in [6.45, 7) is 4.59. The van der Waals surface area contributed by atoms with E-state index in [-0.39, 0.29) is 0 Å². The molecule has 0 heteroatoms. The van der Waals surface area contributed by atoms with Gasteiger partial charge in [-0.15, -0.1) is 0 Å². The maximum absolute atomic E-state index is 2.55. The van der Waals surface area contributed by atoms with Crippen molar-refractivity contribution in [1.29, 1.82) is 0 Å². The van der Waals surface area contributed by atoms with E-state index in [0.29, 0.717) is 0 Å². The monoisotopic (exact) mass is 309 g/mol. The fourth-order valence-electron chi connectivity index (χ4n) is 3.17. The van der Waals surface area contributed by atoms with E-state index in [4.69, 9.17) is 0 Å². The van der Waals surface area contributed by atoms with Gasteiger partial charge in [0.2, 0.25) is 0 Å². The molecule has 0 amide bonds. The minimum absolute atomic E-state index is 1.37. The van der Waals surface area contributed by atoms with E-state index in [1.165, 1.54) is 122 Å². The Hall–Kier alpha value is 0. The van der Waals surface area contributed by atoms with Crippen molar-refractivity contribution in [3.05, 3.63) is 6.42 Å². The molecule has 0 nitrogen and oxygen atoms in total. The number of rotatable bonds is 19. The third kappa shape index (κ3) is 20.0. The van der Waals surface area contributed by atoms with E-state index < -0.39 is 0 Å². The lowest BCUT2D eigenvalue weighted by atomic mass is 10.0. The summed E-state index contributed by atoms with van der Waals surface area (Å²) in [4.78, 5) is 0. The van der Waals surface area contributed by atoms with Crippen molar-refractivity contribution < 1.29 is 0 Å². The predicted molar refractivity (Wildman–Crippen MR) is 103 cm³/mol. The Kier molecular flexibility index (Phi) is 21.0. The first kappa shape index (κ1) is 22.0. The average Bonchev–Trinajstić information content (AvgIpc) is 2.54. The molecule has 0 N–H and O–H groups in total. The zero-order chi connectivity index (χ0) is 16.1. The van der Waals surface area contributed by atoms with Gasteiger partial charge in [0.25, 0.3) is 0 Å². The van der Waals surface area contributed by atoms with Gasteiger partial charge in [-0.1, -0.05) is 136 Å². The summed E-state index contributed by atoms with van der Waals surface area (Å²) in [5.41, 5.74) is 0. The van der Waals surface area contributed by atoms with Crippen LogP contribution >= 0.6 is 0 Å². The molecule has 0 aromatic heterocycles. The summed E-state index contributed by atoms with van der Waals surface area (Å²) in [6.07, 6.45) is 29.9. The summed E-state index contributed by atoms with van der Waals surface area (Å²) >= 11 is 0. The molecule has 0 aromatic carbocycles. The smallest absolute Gasteiger partial charge is 0.0386 e. The van der Waals surface area contributed by atoms with Crippen molar-refractivity contribution >= 4 is 0 Å². The molecule has 0 aromatic rings. The molecule has 0 unspecified atom stereocenters. The van der Waals surface area contributed by atoms with Crippen LogP contribution in [-0.2, 0) is 0 Å². The lowest BCUT2D eigenvalue weighted by molar-refractivity contribution is 0.550. The Balaban J connectivity index is 2.91. The van der Waals surface area contributed by atoms with Gasteiger partial charge in [-0.05, 0) is 6.42 Å². The van der Waals surface area contributed by atoms with Gasteiger partial charge in [0.15, 0.2) is 0 Å². The van der Waals surface area contributed by atoms with Gasteiger partial charge in [0.1, 0.15) is 0 Å². The van der Waals surface area contributed by atoms with Crippen molar-refractivity contribution in [1.82, 2.24) is 0 Å². The average molecular weight is 310 g/mol. The van der Waals surface area contributed by atoms with Gasteiger partial charge in [-0.25, -0.2) is 0 Å². The maximum Gasteiger partial charge on any atom is -0.0386 e. The number of hydrogen-bond donors (Lipinski definition) is 0. The van der Waals surface area contributed by atoms with Crippen molar-refractivity contribution in [2.24, 2.45) is 0 Å². The topological polar surface area (TPSA) is 0 Å². The molecule has 0 aliphatic carbocycles. The van der Waals surface area contributed by atoms with E-state index in [1.807, 2.05) is 0 Å². The van der Waals surface area contributed by atoms with Gasteiger partial charge < -0.3 is 0 Å². The quantitative estimate of drug-likeness (QED) is 0.209. The highest BCUT2D eigenvalue weighted by Crippen LogP contribution is 2.14. The second-order valence-corrected chi connectivity index (χ2v) is 7.17. The molecule has 0 saturated carbocycles. The van der Waals surface area contributed by atoms with E-state index in [9.17, 15) is 0 Å². The highest BCUT2D eigenvalue weighted by molar-refractivity contribution is 4.64. The van der Waals surface area contributed by atoms with Crippen molar-refractivity contribution in [3.8, 4) is 0 Å². The standard InChI is InChI=1S/C22H45/c1-3-5-7-9-11-13-15-17-19-21-22-20-18-16-14-12-10-8-6-4-2/h19H,3-18,20-22H2,1-2H3. The van der Waals surface area contributed by atoms with E-state index in [2.05, 4.69) is 20.3 Å². The summed E-state index contributed by atoms with van der Waals surface area (Å²) < 4.78 is 0. The largest absolute Gasteiger partial charge is 0.0654 e. The first-order valence-corrected chi connectivity index (χ1v) is 10.7. The highest BCUT2D eigenvalue weighted by atomic mass is 14.0. The van der Waals surface area contributed by atoms with Crippen LogP contribution in [0.15, 0.2) is 0 Å². The minimum atomic E-state index is 1.37. The summed E-state index contributed by atoms with van der Waals surface area (Å²) in [7, 11) is 0. The molecule has 0 atom stereocenters. The summed E-state index contributed by atoms with van der Waals surface area (Å²) in [5, 5.41) is 0. The lowest BCUT2D eigenvalue weighted by Crippen LogP contribution is -1.84. The predicted octanol–water partition coefficient (Wildman–Crippen LogP) is 8.64. The van der Waals surface area contributed by atoms with Crippen LogP contribution in [-0.4, -0.2) is 0 Å². The molecule has 0 fully saturated rings. The fraction of sp³-hybridized carbons (Fsp3) is 0.955. The van der Waals surface area contributed by atoms with Gasteiger partial charge in [-0.3, -0.25) is 0 Å². The molecule has 0 rings (SSSR count). The molecule has 0 spiro atoms. The molecule has 22 heavy (non-hydrogen) atoms. The van der Waals surface area contributed by atoms with Crippen molar-refractivity contribution in [3.63, 3.8) is 0 Å². The van der Waals surface area contributed by atoms with Crippen LogP contribution in [0.25, 0.3) is 0 Å². The minimum Gasteiger partial charge on any atom is -0.0654 e. The van der Waals surface area contributed by atoms with E-state index in [1.54, 1.807) is 0 Å². The lowest BCUT2D eigenvalue weighted by Gasteiger charge is -2.03. The second kappa shape index (κ2) is 21.0. The molecule has 133 valence electrons. The van der Waals surface area contributed by atoms with Crippen LogP contribution in [0, 0.1) is 6.42 Å². The normalized spacial score (nSPS) is 11.2. The highest BCUT2D eigenvalue weighted by Gasteiger charge is 1.95. The third-order valence-corrected chi connectivity index (χ3v) is 4.77. The van der Waals surface area contributed by atoms with Crippen molar-refractivity contribution in [2.75, 3.05) is 0 Å². The van der Waals surface area contributed by atoms with Crippen LogP contribution in [0.3, 0.4) is 0 Å². The summed E-state index contributed by atoms with van der Waals surface area (Å²) in [5.74, 6) is 0. The molecular weight excluding hydrogens is 264 g/mol. The Bertz CT molecular complexity index is 153. The molecule has 0 aliphatic heterocycles. The first-order chi connectivity index (χ1) is 10.9. The van der Waals surface area contributed by atoms with Gasteiger partial charge >= 0.3 is 0 Å². The van der Waals surface area contributed by atoms with Gasteiger partial charge in [0.05, 0.1) is 0 Å². The molecule has 1 radical (unpaired) electrons. The van der Waals surface area contributed by atoms with Crippen LogP contribution in [0.1, 0.15) is 136 Å². The summed E-state index contributed by atoms with van der Waals surface area (Å²) in [6, 6.07) is 0. The SMILES string of the molecule is CCCCCCCCC[CH]CCCCCCCCCCCC. The molecular formula is C22H45. The number of hydrogen-bond acceptors (Lipinski definition) is 0. The maximum atomic E-state index is 2.55. The van der Waals surface area contributed by atoms with E-state index in [0.717, 1.165) is 0 Å². The zero-order valence-electron chi connectivity index (χ0n) is 16.0. The number of unbranched alkanes of at least 4 members (excludes halogenated alkanes) is 19. The molecule has 0 aliphatic rings. The van der Waals surface area contributed by atoms with Crippen LogP contribution in [0.2, 0.25) is 0 Å². The van der Waals surface area contributed by atoms with Gasteiger partial charge in [-0.2, -0.15) is 0 Å². The second-order valence-electron chi connectivity index (χ2n) is 7.17. The Morgan fingerprint density at radius 3 is 0.955 bits per heavy atom. The van der Waals surface area contributed by atoms with Crippen molar-refractivity contribution in [2.45, 2.75) is 136 Å². The van der Waals surface area contributed by atoms with Crippen LogP contribution < -0.4 is 0 Å². The molecule has 0 saturated heterocycles. The first-order valence-electron chi connectivity index (χ1n) is 10.7. The fourth-order valence-corrected chi connectivity index (χ4v) is 3.17. The van der Waals surface area contributed by atoms with Crippen LogP contribution in [0.5, 0.6) is 0 Å². The van der Waals surface area contributed by atoms with Gasteiger partial charge in [0, 0.05) is 0 Å². The molecule has 0 bridgehead atoms. The third-order valence-electron chi connectivity index (χ3n) is 4.77. The van der Waals surface area contributed by atoms with E-state index >= 15 is 0 Å². The Morgan fingerprint density at radius 2 is 0.636 bits per heavy atom.